The maximum absolute atomic E-state index is 12.9. The molecule has 0 saturated carbocycles. The Hall–Kier alpha value is -2.11. The Morgan fingerprint density at radius 3 is 0.722 bits per heavy atom. The number of allylic oxidation sites excluding steroid dienone is 4. The van der Waals surface area contributed by atoms with E-state index in [9.17, 15) is 14.4 Å². The average Bonchev–Trinajstić information content (AvgIpc) is 3.38. The Balaban J connectivity index is 4.25. The van der Waals surface area contributed by atoms with Gasteiger partial charge in [-0.1, -0.05) is 295 Å². The standard InChI is InChI=1S/C66H124O6/c1-4-7-10-13-16-19-22-25-27-29-31-33-35-37-39-41-44-47-50-53-56-59-65(68)71-62-63(61-70-64(67)58-55-52-49-46-43-24-21-18-15-12-9-6-3)72-66(69)60-57-54-51-48-45-42-40-38-36-34-32-30-28-26-23-20-17-14-11-8-5-2/h18,21,29,31,63H,4-17,19-20,22-28,30,32-62H2,1-3H3/b21-18-,31-29-. The minimum atomic E-state index is -0.772. The van der Waals surface area contributed by atoms with Gasteiger partial charge in [0.15, 0.2) is 6.10 Å². The zero-order valence-corrected chi connectivity index (χ0v) is 48.7. The third-order valence-corrected chi connectivity index (χ3v) is 14.7. The lowest BCUT2D eigenvalue weighted by Gasteiger charge is -2.18. The van der Waals surface area contributed by atoms with Crippen LogP contribution in [0, 0.1) is 0 Å². The fourth-order valence-electron chi connectivity index (χ4n) is 9.79. The van der Waals surface area contributed by atoms with Crippen LogP contribution in [0.3, 0.4) is 0 Å². The van der Waals surface area contributed by atoms with E-state index >= 15 is 0 Å². The number of unbranched alkanes of at least 4 members (excludes halogenated alkanes) is 45. The molecule has 424 valence electrons. The summed E-state index contributed by atoms with van der Waals surface area (Å²) in [5, 5.41) is 0. The normalized spacial score (nSPS) is 12.1. The molecule has 6 heteroatoms. The summed E-state index contributed by atoms with van der Waals surface area (Å²) in [6.07, 6.45) is 73.3. The van der Waals surface area contributed by atoms with E-state index < -0.39 is 6.10 Å². The summed E-state index contributed by atoms with van der Waals surface area (Å²) in [5.41, 5.74) is 0. The van der Waals surface area contributed by atoms with Gasteiger partial charge in [0.1, 0.15) is 13.2 Å². The molecule has 0 aliphatic rings. The van der Waals surface area contributed by atoms with Crippen LogP contribution in [0.4, 0.5) is 0 Å². The van der Waals surface area contributed by atoms with Crippen molar-refractivity contribution in [1.82, 2.24) is 0 Å². The number of ether oxygens (including phenoxy) is 3. The van der Waals surface area contributed by atoms with Gasteiger partial charge in [-0.25, -0.2) is 0 Å². The molecule has 0 bridgehead atoms. The predicted octanol–water partition coefficient (Wildman–Crippen LogP) is 21.8. The molecule has 1 unspecified atom stereocenters. The number of rotatable bonds is 60. The topological polar surface area (TPSA) is 78.9 Å². The van der Waals surface area contributed by atoms with E-state index in [0.29, 0.717) is 19.3 Å². The molecule has 0 aliphatic carbocycles. The van der Waals surface area contributed by atoms with Crippen LogP contribution in [0.2, 0.25) is 0 Å². The van der Waals surface area contributed by atoms with Gasteiger partial charge >= 0.3 is 17.9 Å². The zero-order valence-electron chi connectivity index (χ0n) is 48.7. The second kappa shape index (κ2) is 61.4. The van der Waals surface area contributed by atoms with Gasteiger partial charge in [-0.2, -0.15) is 0 Å². The van der Waals surface area contributed by atoms with Crippen LogP contribution < -0.4 is 0 Å². The molecule has 0 radical (unpaired) electrons. The molecule has 1 atom stereocenters. The third kappa shape index (κ3) is 58.8. The summed E-state index contributed by atoms with van der Waals surface area (Å²) in [7, 11) is 0. The van der Waals surface area contributed by atoms with E-state index in [-0.39, 0.29) is 31.1 Å². The molecule has 0 rings (SSSR count). The Labute approximate surface area is 449 Å². The van der Waals surface area contributed by atoms with Gasteiger partial charge in [-0.05, 0) is 70.6 Å². The molecule has 72 heavy (non-hydrogen) atoms. The van der Waals surface area contributed by atoms with Gasteiger partial charge in [0.05, 0.1) is 0 Å². The molecular formula is C66H124O6. The fraction of sp³-hybridized carbons (Fsp3) is 0.894. The molecule has 0 spiro atoms. The van der Waals surface area contributed by atoms with Gasteiger partial charge < -0.3 is 14.2 Å². The zero-order chi connectivity index (χ0) is 52.2. The minimum absolute atomic E-state index is 0.0702. The number of carbonyl (C=O) groups is 3. The van der Waals surface area contributed by atoms with E-state index in [0.717, 1.165) is 64.2 Å². The lowest BCUT2D eigenvalue weighted by molar-refractivity contribution is -0.167. The van der Waals surface area contributed by atoms with Gasteiger partial charge in [0.25, 0.3) is 0 Å². The maximum Gasteiger partial charge on any atom is 0.306 e. The largest absolute Gasteiger partial charge is 0.462 e. The van der Waals surface area contributed by atoms with Crippen molar-refractivity contribution in [3.63, 3.8) is 0 Å². The van der Waals surface area contributed by atoms with Crippen molar-refractivity contribution in [2.24, 2.45) is 0 Å². The lowest BCUT2D eigenvalue weighted by Crippen LogP contribution is -2.30. The highest BCUT2D eigenvalue weighted by Gasteiger charge is 2.19. The number of carbonyl (C=O) groups excluding carboxylic acids is 3. The fourth-order valence-corrected chi connectivity index (χ4v) is 9.79. The van der Waals surface area contributed by atoms with E-state index in [2.05, 4.69) is 45.1 Å². The van der Waals surface area contributed by atoms with E-state index in [1.807, 2.05) is 0 Å². The molecule has 0 saturated heterocycles. The minimum Gasteiger partial charge on any atom is -0.462 e. The van der Waals surface area contributed by atoms with E-state index in [1.54, 1.807) is 0 Å². The van der Waals surface area contributed by atoms with Crippen LogP contribution in [0.5, 0.6) is 0 Å². The third-order valence-electron chi connectivity index (χ3n) is 14.7. The number of esters is 3. The monoisotopic (exact) mass is 1010 g/mol. The molecule has 0 aliphatic heterocycles. The molecule has 0 aromatic rings. The van der Waals surface area contributed by atoms with Crippen LogP contribution in [0.1, 0.15) is 361 Å². The van der Waals surface area contributed by atoms with Crippen LogP contribution in [0.15, 0.2) is 24.3 Å². The van der Waals surface area contributed by atoms with Crippen molar-refractivity contribution in [2.45, 2.75) is 367 Å². The van der Waals surface area contributed by atoms with Crippen LogP contribution in [-0.4, -0.2) is 37.2 Å². The Kier molecular flexibility index (Phi) is 59.6. The SMILES string of the molecule is CCCCC/C=C\CCCCCCCC(=O)OCC(COC(=O)CCCCCCCCCCC/C=C\CCCCCCCCCC)OC(=O)CCCCCCCCCCCCCCCCCCCCCCC. The second-order valence-corrected chi connectivity index (χ2v) is 22.0. The molecular weight excluding hydrogens is 889 g/mol. The van der Waals surface area contributed by atoms with Gasteiger partial charge in [-0.15, -0.1) is 0 Å². The van der Waals surface area contributed by atoms with E-state index in [1.165, 1.54) is 257 Å². The first-order chi connectivity index (χ1) is 35.5. The molecule has 0 aromatic carbocycles. The first kappa shape index (κ1) is 69.9. The van der Waals surface area contributed by atoms with Crippen molar-refractivity contribution in [1.29, 1.82) is 0 Å². The molecule has 0 amide bonds. The van der Waals surface area contributed by atoms with Crippen molar-refractivity contribution in [2.75, 3.05) is 13.2 Å². The van der Waals surface area contributed by atoms with E-state index in [4.69, 9.17) is 14.2 Å². The Morgan fingerprint density at radius 1 is 0.264 bits per heavy atom. The maximum atomic E-state index is 12.9. The van der Waals surface area contributed by atoms with Gasteiger partial charge in [0, 0.05) is 19.3 Å². The predicted molar refractivity (Wildman–Crippen MR) is 312 cm³/mol. The quantitative estimate of drug-likeness (QED) is 0.0261. The van der Waals surface area contributed by atoms with Crippen molar-refractivity contribution >= 4 is 17.9 Å². The highest BCUT2D eigenvalue weighted by molar-refractivity contribution is 5.71. The van der Waals surface area contributed by atoms with Gasteiger partial charge in [-0.3, -0.25) is 14.4 Å². The molecule has 6 nitrogen and oxygen atoms in total. The smallest absolute Gasteiger partial charge is 0.306 e. The molecule has 0 fully saturated rings. The number of hydrogen-bond acceptors (Lipinski definition) is 6. The summed E-state index contributed by atoms with van der Waals surface area (Å²) >= 11 is 0. The lowest BCUT2D eigenvalue weighted by atomic mass is 10.0. The summed E-state index contributed by atoms with van der Waals surface area (Å²) in [4.78, 5) is 38.3. The van der Waals surface area contributed by atoms with Crippen LogP contribution in [0.25, 0.3) is 0 Å². The Morgan fingerprint density at radius 2 is 0.458 bits per heavy atom. The summed E-state index contributed by atoms with van der Waals surface area (Å²) in [6.45, 7) is 6.67. The first-order valence-corrected chi connectivity index (χ1v) is 32.3. The molecule has 0 N–H and O–H groups in total. The van der Waals surface area contributed by atoms with Crippen molar-refractivity contribution in [3.05, 3.63) is 24.3 Å². The Bertz CT molecular complexity index is 1160. The summed E-state index contributed by atoms with van der Waals surface area (Å²) in [5.74, 6) is -0.856. The highest BCUT2D eigenvalue weighted by atomic mass is 16.6. The highest BCUT2D eigenvalue weighted by Crippen LogP contribution is 2.18. The van der Waals surface area contributed by atoms with Crippen molar-refractivity contribution < 1.29 is 28.6 Å². The molecule has 0 aromatic heterocycles. The first-order valence-electron chi connectivity index (χ1n) is 32.3. The number of hydrogen-bond donors (Lipinski definition) is 0. The van der Waals surface area contributed by atoms with Crippen LogP contribution >= 0.6 is 0 Å². The average molecular weight is 1010 g/mol. The summed E-state index contributed by atoms with van der Waals surface area (Å²) < 4.78 is 16.9. The van der Waals surface area contributed by atoms with Crippen LogP contribution in [-0.2, 0) is 28.6 Å². The molecule has 0 heterocycles. The summed E-state index contributed by atoms with van der Waals surface area (Å²) in [6, 6.07) is 0. The van der Waals surface area contributed by atoms with Gasteiger partial charge in [0.2, 0.25) is 0 Å². The second-order valence-electron chi connectivity index (χ2n) is 22.0. The van der Waals surface area contributed by atoms with Crippen molar-refractivity contribution in [3.8, 4) is 0 Å².